The van der Waals surface area contributed by atoms with E-state index in [4.69, 9.17) is 0 Å². The van der Waals surface area contributed by atoms with Crippen LogP contribution in [0.4, 0.5) is 5.69 Å². The summed E-state index contributed by atoms with van der Waals surface area (Å²) < 4.78 is 0. The molecule has 2 aliphatic rings. The summed E-state index contributed by atoms with van der Waals surface area (Å²) in [6.45, 7) is 7.93. The highest BCUT2D eigenvalue weighted by atomic mass is 35.5. The fraction of sp³-hybridized carbons (Fsp3) is 0.611. The highest BCUT2D eigenvalue weighted by Crippen LogP contribution is 2.25. The van der Waals surface area contributed by atoms with Gasteiger partial charge in [-0.2, -0.15) is 0 Å². The highest BCUT2D eigenvalue weighted by Gasteiger charge is 2.33. The molecule has 128 valence electrons. The van der Waals surface area contributed by atoms with Crippen molar-refractivity contribution in [3.05, 3.63) is 30.3 Å². The van der Waals surface area contributed by atoms with E-state index in [0.717, 1.165) is 31.2 Å². The molecule has 2 heterocycles. The lowest BCUT2D eigenvalue weighted by atomic mass is 9.93. The van der Waals surface area contributed by atoms with E-state index >= 15 is 0 Å². The molecule has 2 atom stereocenters. The molecule has 2 fully saturated rings. The molecular formula is C18H28ClN3O. The van der Waals surface area contributed by atoms with Crippen molar-refractivity contribution in [3.63, 3.8) is 0 Å². The first-order valence-electron chi connectivity index (χ1n) is 8.48. The van der Waals surface area contributed by atoms with Crippen molar-refractivity contribution in [1.82, 2.24) is 10.2 Å². The Morgan fingerprint density at radius 3 is 2.74 bits per heavy atom. The zero-order chi connectivity index (χ0) is 15.5. The maximum absolute atomic E-state index is 12.8. The lowest BCUT2D eigenvalue weighted by Gasteiger charge is -2.36. The Hall–Kier alpha value is -1.10. The van der Waals surface area contributed by atoms with E-state index in [1.807, 2.05) is 35.2 Å². The van der Waals surface area contributed by atoms with Gasteiger partial charge in [0.15, 0.2) is 0 Å². The van der Waals surface area contributed by atoms with Gasteiger partial charge in [-0.1, -0.05) is 18.2 Å². The monoisotopic (exact) mass is 337 g/mol. The summed E-state index contributed by atoms with van der Waals surface area (Å²) in [4.78, 5) is 17.1. The Balaban J connectivity index is 0.00000192. The minimum atomic E-state index is 0. The minimum absolute atomic E-state index is 0. The molecular weight excluding hydrogens is 310 g/mol. The third-order valence-electron chi connectivity index (χ3n) is 4.92. The summed E-state index contributed by atoms with van der Waals surface area (Å²) in [5, 5.41) is 3.58. The zero-order valence-corrected chi connectivity index (χ0v) is 14.9. The van der Waals surface area contributed by atoms with Gasteiger partial charge in [0.1, 0.15) is 0 Å². The maximum atomic E-state index is 12.8. The molecule has 2 aliphatic heterocycles. The van der Waals surface area contributed by atoms with E-state index in [2.05, 4.69) is 24.1 Å². The van der Waals surface area contributed by atoms with Gasteiger partial charge in [0.05, 0.1) is 6.54 Å². The first-order valence-corrected chi connectivity index (χ1v) is 8.48. The maximum Gasteiger partial charge on any atom is 0.241 e. The summed E-state index contributed by atoms with van der Waals surface area (Å²) in [7, 11) is 0. The summed E-state index contributed by atoms with van der Waals surface area (Å²) in [5.41, 5.74) is 1.000. The lowest BCUT2D eigenvalue weighted by molar-refractivity contribution is -0.120. The predicted octanol–water partition coefficient (Wildman–Crippen LogP) is 2.53. The Morgan fingerprint density at radius 2 is 2.04 bits per heavy atom. The van der Waals surface area contributed by atoms with E-state index in [0.29, 0.717) is 12.6 Å². The molecule has 1 aromatic rings. The van der Waals surface area contributed by atoms with Crippen LogP contribution in [-0.4, -0.2) is 49.1 Å². The zero-order valence-electron chi connectivity index (χ0n) is 14.1. The van der Waals surface area contributed by atoms with Crippen molar-refractivity contribution in [2.45, 2.75) is 38.8 Å². The number of para-hydroxylation sites is 1. The lowest BCUT2D eigenvalue weighted by Crippen LogP contribution is -2.49. The van der Waals surface area contributed by atoms with Gasteiger partial charge in [0.2, 0.25) is 5.91 Å². The second-order valence-corrected chi connectivity index (χ2v) is 6.83. The third kappa shape index (κ3) is 4.25. The molecule has 5 heteroatoms. The molecule has 1 N–H and O–H groups in total. The molecule has 4 nitrogen and oxygen atoms in total. The summed E-state index contributed by atoms with van der Waals surface area (Å²) in [6, 6.07) is 10.9. The number of likely N-dealkylation sites (tertiary alicyclic amines) is 1. The average Bonchev–Trinajstić information content (AvgIpc) is 2.95. The van der Waals surface area contributed by atoms with Gasteiger partial charge in [-0.05, 0) is 51.3 Å². The molecule has 1 amide bonds. The van der Waals surface area contributed by atoms with Gasteiger partial charge in [0, 0.05) is 30.9 Å². The average molecular weight is 338 g/mol. The smallest absolute Gasteiger partial charge is 0.241 e. The number of nitrogens with one attached hydrogen (secondary N) is 1. The number of anilines is 1. The number of hydrogen-bond donors (Lipinski definition) is 1. The van der Waals surface area contributed by atoms with Crippen LogP contribution in [0.15, 0.2) is 30.3 Å². The molecule has 1 aromatic carbocycles. The summed E-state index contributed by atoms with van der Waals surface area (Å²) in [5.74, 6) is 0.941. The van der Waals surface area contributed by atoms with Crippen molar-refractivity contribution in [1.29, 1.82) is 0 Å². The van der Waals surface area contributed by atoms with E-state index in [1.165, 1.54) is 12.8 Å². The predicted molar refractivity (Wildman–Crippen MR) is 97.3 cm³/mol. The summed E-state index contributed by atoms with van der Waals surface area (Å²) in [6.07, 6.45) is 2.42. The van der Waals surface area contributed by atoms with Crippen LogP contribution in [0, 0.1) is 5.92 Å². The van der Waals surface area contributed by atoms with Crippen LogP contribution in [0.2, 0.25) is 0 Å². The van der Waals surface area contributed by atoms with Gasteiger partial charge >= 0.3 is 0 Å². The normalized spacial score (nSPS) is 24.1. The SMILES string of the molecule is CC(C)N(C(=O)CN1CCC2NCCC2C1)c1ccccc1.Cl. The number of amides is 1. The van der Waals surface area contributed by atoms with E-state index < -0.39 is 0 Å². The number of piperidine rings is 1. The molecule has 2 saturated heterocycles. The topological polar surface area (TPSA) is 35.6 Å². The van der Waals surface area contributed by atoms with Crippen LogP contribution < -0.4 is 10.2 Å². The van der Waals surface area contributed by atoms with Crippen LogP contribution in [0.5, 0.6) is 0 Å². The number of benzene rings is 1. The van der Waals surface area contributed by atoms with Crippen LogP contribution in [-0.2, 0) is 4.79 Å². The number of fused-ring (bicyclic) bond motifs is 1. The quantitative estimate of drug-likeness (QED) is 0.917. The standard InChI is InChI=1S/C18H27N3O.ClH/c1-14(2)21(16-6-4-3-5-7-16)18(22)13-20-11-9-17-15(12-20)8-10-19-17;/h3-7,14-15,17,19H,8-13H2,1-2H3;1H. The molecule has 0 radical (unpaired) electrons. The van der Waals surface area contributed by atoms with Crippen molar-refractivity contribution in [3.8, 4) is 0 Å². The second-order valence-electron chi connectivity index (χ2n) is 6.83. The number of hydrogen-bond acceptors (Lipinski definition) is 3. The fourth-order valence-electron chi connectivity index (χ4n) is 3.85. The van der Waals surface area contributed by atoms with Crippen LogP contribution in [0.25, 0.3) is 0 Å². The van der Waals surface area contributed by atoms with Gasteiger partial charge in [0.25, 0.3) is 0 Å². The number of rotatable bonds is 4. The minimum Gasteiger partial charge on any atom is -0.314 e. The molecule has 0 saturated carbocycles. The molecule has 0 bridgehead atoms. The largest absolute Gasteiger partial charge is 0.314 e. The summed E-state index contributed by atoms with van der Waals surface area (Å²) >= 11 is 0. The second kappa shape index (κ2) is 8.13. The fourth-order valence-corrected chi connectivity index (χ4v) is 3.85. The number of carbonyl (C=O) groups excluding carboxylic acids is 1. The number of halogens is 1. The Kier molecular flexibility index (Phi) is 6.45. The number of nitrogens with zero attached hydrogens (tertiary/aromatic N) is 2. The van der Waals surface area contributed by atoms with Crippen molar-refractivity contribution < 1.29 is 4.79 Å². The van der Waals surface area contributed by atoms with Gasteiger partial charge in [-0.3, -0.25) is 9.69 Å². The molecule has 0 aliphatic carbocycles. The van der Waals surface area contributed by atoms with Gasteiger partial charge in [-0.25, -0.2) is 0 Å². The highest BCUT2D eigenvalue weighted by molar-refractivity contribution is 5.95. The van der Waals surface area contributed by atoms with E-state index in [9.17, 15) is 4.79 Å². The van der Waals surface area contributed by atoms with Crippen molar-refractivity contribution in [2.24, 2.45) is 5.92 Å². The molecule has 2 unspecified atom stereocenters. The Morgan fingerprint density at radius 1 is 1.30 bits per heavy atom. The van der Waals surface area contributed by atoms with Crippen LogP contribution >= 0.6 is 12.4 Å². The van der Waals surface area contributed by atoms with Crippen LogP contribution in [0.1, 0.15) is 26.7 Å². The first-order chi connectivity index (χ1) is 10.6. The Labute approximate surface area is 145 Å². The first kappa shape index (κ1) is 18.2. The van der Waals surface area contributed by atoms with E-state index in [-0.39, 0.29) is 24.4 Å². The molecule has 0 aromatic heterocycles. The third-order valence-corrected chi connectivity index (χ3v) is 4.92. The van der Waals surface area contributed by atoms with Crippen molar-refractivity contribution in [2.75, 3.05) is 31.1 Å². The Bertz CT molecular complexity index is 508. The van der Waals surface area contributed by atoms with Crippen molar-refractivity contribution >= 4 is 24.0 Å². The molecule has 3 rings (SSSR count). The molecule has 0 spiro atoms. The van der Waals surface area contributed by atoms with Crippen LogP contribution in [0.3, 0.4) is 0 Å². The molecule has 23 heavy (non-hydrogen) atoms. The van der Waals surface area contributed by atoms with E-state index in [1.54, 1.807) is 0 Å². The van der Waals surface area contributed by atoms with Gasteiger partial charge in [-0.15, -0.1) is 12.4 Å². The van der Waals surface area contributed by atoms with Gasteiger partial charge < -0.3 is 10.2 Å². The number of carbonyl (C=O) groups is 1.